The van der Waals surface area contributed by atoms with Gasteiger partial charge in [0.1, 0.15) is 6.61 Å². The molecule has 0 bridgehead atoms. The van der Waals surface area contributed by atoms with E-state index in [1.165, 1.54) is 51.9 Å². The quantitative estimate of drug-likeness (QED) is 0.176. The topological polar surface area (TPSA) is 66.8 Å². The van der Waals surface area contributed by atoms with Gasteiger partial charge in [-0.25, -0.2) is 0 Å². The third kappa shape index (κ3) is 11.7. The van der Waals surface area contributed by atoms with Crippen molar-refractivity contribution in [1.82, 2.24) is 0 Å². The summed E-state index contributed by atoms with van der Waals surface area (Å²) in [5, 5.41) is 19.5. The average molecular weight is 395 g/mol. The Kier molecular flexibility index (Phi) is 12.4. The molecule has 0 aromatic heterocycles. The molecule has 1 aliphatic carbocycles. The summed E-state index contributed by atoms with van der Waals surface area (Å²) >= 11 is 0. The highest BCUT2D eigenvalue weighted by atomic mass is 16.6. The molecule has 0 aromatic rings. The molecule has 162 valence electrons. The van der Waals surface area contributed by atoms with E-state index in [1.807, 2.05) is 0 Å². The van der Waals surface area contributed by atoms with Crippen molar-refractivity contribution in [2.24, 2.45) is 17.8 Å². The fourth-order valence-electron chi connectivity index (χ4n) is 3.95. The van der Waals surface area contributed by atoms with Crippen LogP contribution in [0.25, 0.3) is 0 Å². The number of hydrogen-bond acceptors (Lipinski definition) is 4. The van der Waals surface area contributed by atoms with Crippen molar-refractivity contribution < 1.29 is 19.7 Å². The maximum Gasteiger partial charge on any atom is 0.302 e. The summed E-state index contributed by atoms with van der Waals surface area (Å²) in [4.78, 5) is 10.7. The Labute approximate surface area is 172 Å². The summed E-state index contributed by atoms with van der Waals surface area (Å²) in [6.45, 7) is 5.51. The summed E-state index contributed by atoms with van der Waals surface area (Å²) in [5.74, 6) is -0.161. The van der Waals surface area contributed by atoms with E-state index in [9.17, 15) is 15.0 Å². The van der Waals surface area contributed by atoms with Gasteiger partial charge in [-0.1, -0.05) is 63.8 Å². The van der Waals surface area contributed by atoms with Crippen molar-refractivity contribution in [3.63, 3.8) is 0 Å². The van der Waals surface area contributed by atoms with Crippen molar-refractivity contribution in [3.05, 3.63) is 24.3 Å². The third-order valence-electron chi connectivity index (χ3n) is 5.75. The maximum atomic E-state index is 10.7. The van der Waals surface area contributed by atoms with Crippen LogP contribution < -0.4 is 0 Å². The van der Waals surface area contributed by atoms with Gasteiger partial charge < -0.3 is 14.9 Å². The monoisotopic (exact) mass is 394 g/mol. The van der Waals surface area contributed by atoms with Crippen LogP contribution in [0.3, 0.4) is 0 Å². The lowest BCUT2D eigenvalue weighted by Gasteiger charge is -2.20. The highest BCUT2D eigenvalue weighted by Gasteiger charge is 2.24. The summed E-state index contributed by atoms with van der Waals surface area (Å²) < 4.78 is 4.67. The molecule has 1 aliphatic rings. The zero-order valence-electron chi connectivity index (χ0n) is 18.2. The summed E-state index contributed by atoms with van der Waals surface area (Å²) in [6.07, 6.45) is 21.2. The van der Waals surface area contributed by atoms with Crippen LogP contribution in [0, 0.1) is 17.8 Å². The lowest BCUT2D eigenvalue weighted by Crippen LogP contribution is -2.34. The first-order valence-electron chi connectivity index (χ1n) is 11.2. The summed E-state index contributed by atoms with van der Waals surface area (Å²) in [7, 11) is 0. The Hall–Kier alpha value is -1.13. The highest BCUT2D eigenvalue weighted by molar-refractivity contribution is 5.65. The molecule has 1 saturated carbocycles. The SMILES string of the molecule is CCCCC(C)C/C=C/[C@H]1CCC[C@@H]1C/C=C\CCCC(O)(O)COC(C)=O. The summed E-state index contributed by atoms with van der Waals surface area (Å²) in [5.41, 5.74) is 0. The minimum absolute atomic E-state index is 0.204. The van der Waals surface area contributed by atoms with Crippen LogP contribution in [-0.2, 0) is 9.53 Å². The number of hydrogen-bond donors (Lipinski definition) is 2. The number of esters is 1. The fourth-order valence-corrected chi connectivity index (χ4v) is 3.95. The molecule has 0 aliphatic heterocycles. The van der Waals surface area contributed by atoms with Crippen LogP contribution in [0.4, 0.5) is 0 Å². The van der Waals surface area contributed by atoms with Crippen molar-refractivity contribution >= 4 is 5.97 Å². The Morgan fingerprint density at radius 1 is 1.21 bits per heavy atom. The molecule has 3 atom stereocenters. The number of unbranched alkanes of at least 4 members (excludes halogenated alkanes) is 2. The molecule has 4 heteroatoms. The van der Waals surface area contributed by atoms with Crippen LogP contribution in [0.2, 0.25) is 0 Å². The number of carbonyl (C=O) groups excluding carboxylic acids is 1. The largest absolute Gasteiger partial charge is 0.460 e. The van der Waals surface area contributed by atoms with Crippen molar-refractivity contribution in [3.8, 4) is 0 Å². The molecular formula is C24H42O4. The number of aliphatic hydroxyl groups is 2. The number of rotatable bonds is 14. The first-order valence-corrected chi connectivity index (χ1v) is 11.2. The lowest BCUT2D eigenvalue weighted by atomic mass is 9.91. The van der Waals surface area contributed by atoms with Crippen LogP contribution in [0.15, 0.2) is 24.3 Å². The predicted molar refractivity (Wildman–Crippen MR) is 115 cm³/mol. The molecule has 0 heterocycles. The Morgan fingerprint density at radius 2 is 2.00 bits per heavy atom. The van der Waals surface area contributed by atoms with Gasteiger partial charge in [-0.2, -0.15) is 0 Å². The second-order valence-electron chi connectivity index (χ2n) is 8.63. The number of carbonyl (C=O) groups is 1. The Balaban J connectivity index is 2.23. The molecule has 1 unspecified atom stereocenters. The maximum absolute atomic E-state index is 10.7. The standard InChI is InChI=1S/C24H42O4/c1-4-5-12-20(2)13-10-15-23-17-11-16-22(23)14-8-6-7-9-18-24(26,27)19-28-21(3)25/h6,8,10,15,20,22-23,26-27H,4-5,7,9,11-14,16-19H2,1-3H3/b8-6-,15-10+/t20?,22-,23-/m0/s1. The van der Waals surface area contributed by atoms with Crippen molar-refractivity contribution in [2.45, 2.75) is 97.2 Å². The van der Waals surface area contributed by atoms with Gasteiger partial charge in [0.25, 0.3) is 0 Å². The number of allylic oxidation sites excluding steroid dienone is 4. The minimum Gasteiger partial charge on any atom is -0.460 e. The predicted octanol–water partition coefficient (Wildman–Crippen LogP) is 5.54. The molecular weight excluding hydrogens is 352 g/mol. The Bertz CT molecular complexity index is 481. The van der Waals surface area contributed by atoms with Gasteiger partial charge in [0.2, 0.25) is 0 Å². The van der Waals surface area contributed by atoms with Crippen molar-refractivity contribution in [1.29, 1.82) is 0 Å². The highest BCUT2D eigenvalue weighted by Crippen LogP contribution is 2.35. The first kappa shape index (κ1) is 24.9. The molecule has 0 amide bonds. The van der Waals surface area contributed by atoms with Crippen molar-refractivity contribution in [2.75, 3.05) is 6.61 Å². The smallest absolute Gasteiger partial charge is 0.302 e. The first-order chi connectivity index (χ1) is 13.3. The molecule has 0 saturated heterocycles. The van der Waals surface area contributed by atoms with E-state index in [1.54, 1.807) is 0 Å². The van der Waals surface area contributed by atoms with Gasteiger partial charge in [-0.3, -0.25) is 4.79 Å². The molecule has 28 heavy (non-hydrogen) atoms. The van der Waals surface area contributed by atoms with E-state index in [-0.39, 0.29) is 13.0 Å². The van der Waals surface area contributed by atoms with Crippen LogP contribution in [0.1, 0.15) is 91.4 Å². The van der Waals surface area contributed by atoms with E-state index in [0.717, 1.165) is 24.7 Å². The van der Waals surface area contributed by atoms with Gasteiger partial charge in [-0.15, -0.1) is 0 Å². The van der Waals surface area contributed by atoms with Crippen LogP contribution >= 0.6 is 0 Å². The van der Waals surface area contributed by atoms with Gasteiger partial charge >= 0.3 is 5.97 Å². The molecule has 1 rings (SSSR count). The second kappa shape index (κ2) is 13.9. The molecule has 4 nitrogen and oxygen atoms in total. The van der Waals surface area contributed by atoms with E-state index in [2.05, 4.69) is 42.9 Å². The molecule has 0 radical (unpaired) electrons. The average Bonchev–Trinajstić information content (AvgIpc) is 3.08. The van der Waals surface area contributed by atoms with Gasteiger partial charge in [0.15, 0.2) is 5.79 Å². The van der Waals surface area contributed by atoms with E-state index < -0.39 is 11.8 Å². The molecule has 0 aromatic carbocycles. The number of ether oxygens (including phenoxy) is 1. The van der Waals surface area contributed by atoms with Gasteiger partial charge in [0.05, 0.1) is 0 Å². The zero-order valence-corrected chi connectivity index (χ0v) is 18.2. The van der Waals surface area contributed by atoms with Gasteiger partial charge in [0, 0.05) is 13.3 Å². The van der Waals surface area contributed by atoms with E-state index in [0.29, 0.717) is 12.3 Å². The van der Waals surface area contributed by atoms with Gasteiger partial charge in [-0.05, 0) is 56.3 Å². The minimum atomic E-state index is -1.92. The molecule has 2 N–H and O–H groups in total. The Morgan fingerprint density at radius 3 is 2.71 bits per heavy atom. The van der Waals surface area contributed by atoms with E-state index in [4.69, 9.17) is 0 Å². The second-order valence-corrected chi connectivity index (χ2v) is 8.63. The lowest BCUT2D eigenvalue weighted by molar-refractivity contribution is -0.204. The van der Waals surface area contributed by atoms with E-state index >= 15 is 0 Å². The third-order valence-corrected chi connectivity index (χ3v) is 5.75. The summed E-state index contributed by atoms with van der Waals surface area (Å²) in [6, 6.07) is 0. The fraction of sp³-hybridized carbons (Fsp3) is 0.792. The molecule has 1 fully saturated rings. The van der Waals surface area contributed by atoms with Crippen LogP contribution in [0.5, 0.6) is 0 Å². The van der Waals surface area contributed by atoms with Crippen LogP contribution in [-0.4, -0.2) is 28.6 Å². The normalized spacial score (nSPS) is 21.6. The zero-order chi connectivity index (χ0) is 20.8. The molecule has 0 spiro atoms.